The summed E-state index contributed by atoms with van der Waals surface area (Å²) in [5.41, 5.74) is 0.489. The second kappa shape index (κ2) is 5.03. The van der Waals surface area contributed by atoms with Crippen molar-refractivity contribution in [2.45, 2.75) is 19.6 Å². The van der Waals surface area contributed by atoms with Gasteiger partial charge in [0.2, 0.25) is 11.7 Å². The fourth-order valence-electron chi connectivity index (χ4n) is 1.80. The number of carbonyl (C=O) groups excluding carboxylic acids is 1. The van der Waals surface area contributed by atoms with E-state index >= 15 is 0 Å². The maximum Gasteiger partial charge on any atom is 0.352 e. The Bertz CT molecular complexity index is 487. The fourth-order valence-corrected chi connectivity index (χ4v) is 1.80. The van der Waals surface area contributed by atoms with Gasteiger partial charge in [0, 0.05) is 30.5 Å². The highest BCUT2D eigenvalue weighted by atomic mass is 16.5. The van der Waals surface area contributed by atoms with E-state index in [0.717, 1.165) is 4.76 Å². The summed E-state index contributed by atoms with van der Waals surface area (Å²) in [6.45, 7) is 1.84. The molecule has 0 aliphatic carbocycles. The van der Waals surface area contributed by atoms with Gasteiger partial charge in [0.25, 0.3) is 0 Å². The minimum atomic E-state index is -0.598. The number of nitrogens with one attached hydrogen (secondary N) is 1. The molecule has 1 aliphatic heterocycles. The van der Waals surface area contributed by atoms with E-state index in [2.05, 4.69) is 5.32 Å². The molecule has 1 aromatic carbocycles. The summed E-state index contributed by atoms with van der Waals surface area (Å²) < 4.78 is 11.4. The van der Waals surface area contributed by atoms with Crippen molar-refractivity contribution in [3.8, 4) is 11.5 Å². The van der Waals surface area contributed by atoms with Gasteiger partial charge in [-0.2, -0.15) is 0 Å². The summed E-state index contributed by atoms with van der Waals surface area (Å²) in [5, 5.41) is 2.63. The van der Waals surface area contributed by atoms with Crippen LogP contribution in [0.15, 0.2) is 18.2 Å². The lowest BCUT2D eigenvalue weighted by molar-refractivity contribution is -0.529. The zero-order valence-corrected chi connectivity index (χ0v) is 10.3. The minimum Gasteiger partial charge on any atom is -0.497 e. The standard InChI is InChI=1S/C12H14N2O4/c1-8(15)13-6-5-12-14(16)10-4-3-9(17-2)7-11(10)18-12/h3-4,7,12H,5-6H2,1-2H3/p+1. The highest BCUT2D eigenvalue weighted by Gasteiger charge is 2.40. The molecule has 0 radical (unpaired) electrons. The zero-order chi connectivity index (χ0) is 13.1. The van der Waals surface area contributed by atoms with E-state index in [1.54, 1.807) is 25.3 Å². The van der Waals surface area contributed by atoms with Crippen molar-refractivity contribution in [2.75, 3.05) is 13.7 Å². The van der Waals surface area contributed by atoms with Crippen LogP contribution in [0.3, 0.4) is 0 Å². The van der Waals surface area contributed by atoms with Gasteiger partial charge in [-0.25, -0.2) is 0 Å². The second-order valence-corrected chi connectivity index (χ2v) is 4.00. The zero-order valence-electron chi connectivity index (χ0n) is 10.3. The third kappa shape index (κ3) is 2.42. The quantitative estimate of drug-likeness (QED) is 0.820. The third-order valence-corrected chi connectivity index (χ3v) is 2.69. The number of fused-ring (bicyclic) bond motifs is 1. The molecular formula is C12H15N2O4+. The predicted octanol–water partition coefficient (Wildman–Crippen LogP) is 1.35. The van der Waals surface area contributed by atoms with Crippen LogP contribution in [0.1, 0.15) is 13.3 Å². The van der Waals surface area contributed by atoms with E-state index < -0.39 is 6.23 Å². The van der Waals surface area contributed by atoms with Crippen molar-refractivity contribution in [1.82, 2.24) is 5.32 Å². The second-order valence-electron chi connectivity index (χ2n) is 4.00. The van der Waals surface area contributed by atoms with Gasteiger partial charge in [0.1, 0.15) is 5.75 Å². The number of carbonyl (C=O) groups is 1. The van der Waals surface area contributed by atoms with Gasteiger partial charge in [-0.15, -0.1) is 0 Å². The third-order valence-electron chi connectivity index (χ3n) is 2.69. The molecule has 18 heavy (non-hydrogen) atoms. The molecule has 1 amide bonds. The number of amides is 1. The minimum absolute atomic E-state index is 0.121. The molecule has 2 rings (SSSR count). The Morgan fingerprint density at radius 2 is 2.33 bits per heavy atom. The molecule has 6 heteroatoms. The van der Waals surface area contributed by atoms with Crippen LogP contribution in [0.2, 0.25) is 0 Å². The average molecular weight is 251 g/mol. The summed E-state index contributed by atoms with van der Waals surface area (Å²) >= 11 is 0. The molecule has 1 heterocycles. The number of nitroso groups, excluding NO2 is 1. The van der Waals surface area contributed by atoms with E-state index in [4.69, 9.17) is 9.47 Å². The summed E-state index contributed by atoms with van der Waals surface area (Å²) in [7, 11) is 1.56. The molecule has 0 aromatic heterocycles. The van der Waals surface area contributed by atoms with Crippen LogP contribution < -0.4 is 14.8 Å². The molecular weight excluding hydrogens is 236 g/mol. The number of hydrogen-bond acceptors (Lipinski definition) is 4. The van der Waals surface area contributed by atoms with E-state index in [1.807, 2.05) is 0 Å². The number of hydrogen-bond donors (Lipinski definition) is 1. The highest BCUT2D eigenvalue weighted by Crippen LogP contribution is 2.38. The number of rotatable bonds is 4. The van der Waals surface area contributed by atoms with Crippen LogP contribution in [0.4, 0.5) is 5.69 Å². The van der Waals surface area contributed by atoms with Crippen LogP contribution in [0.5, 0.6) is 11.5 Å². The van der Waals surface area contributed by atoms with Crippen LogP contribution >= 0.6 is 0 Å². The first kappa shape index (κ1) is 12.3. The predicted molar refractivity (Wildman–Crippen MR) is 64.0 cm³/mol. The van der Waals surface area contributed by atoms with Crippen LogP contribution in [0.25, 0.3) is 0 Å². The summed E-state index contributed by atoms with van der Waals surface area (Å²) in [4.78, 5) is 22.7. The lowest BCUT2D eigenvalue weighted by Gasteiger charge is -2.03. The van der Waals surface area contributed by atoms with Gasteiger partial charge in [0.15, 0.2) is 0 Å². The van der Waals surface area contributed by atoms with Crippen molar-refractivity contribution >= 4 is 11.6 Å². The molecule has 0 saturated carbocycles. The Balaban J connectivity index is 2.03. The van der Waals surface area contributed by atoms with Crippen molar-refractivity contribution < 1.29 is 19.0 Å². The van der Waals surface area contributed by atoms with E-state index in [0.29, 0.717) is 30.2 Å². The molecule has 6 nitrogen and oxygen atoms in total. The number of benzene rings is 1. The van der Waals surface area contributed by atoms with E-state index in [1.165, 1.54) is 6.92 Å². The maximum atomic E-state index is 11.9. The highest BCUT2D eigenvalue weighted by molar-refractivity contribution is 5.72. The van der Waals surface area contributed by atoms with Crippen LogP contribution in [-0.4, -0.2) is 30.5 Å². The number of methoxy groups -OCH3 is 1. The SMILES string of the molecule is COc1ccc2c(c1)OC(CCNC(C)=O)[N+]2=O. The molecule has 1 unspecified atom stereocenters. The van der Waals surface area contributed by atoms with Crippen molar-refractivity contribution in [2.24, 2.45) is 0 Å². The Kier molecular flexibility index (Phi) is 3.45. The van der Waals surface area contributed by atoms with Gasteiger partial charge in [-0.05, 0) is 6.07 Å². The lowest BCUT2D eigenvalue weighted by Crippen LogP contribution is -2.29. The van der Waals surface area contributed by atoms with Crippen LogP contribution in [0, 0.1) is 4.91 Å². The Labute approximate surface area is 104 Å². The Morgan fingerprint density at radius 1 is 1.56 bits per heavy atom. The molecule has 0 bridgehead atoms. The van der Waals surface area contributed by atoms with Gasteiger partial charge in [-0.1, -0.05) is 0 Å². The molecule has 0 spiro atoms. The van der Waals surface area contributed by atoms with E-state index in [9.17, 15) is 9.70 Å². The van der Waals surface area contributed by atoms with Crippen molar-refractivity contribution in [3.05, 3.63) is 23.1 Å². The smallest absolute Gasteiger partial charge is 0.352 e. The van der Waals surface area contributed by atoms with Crippen LogP contribution in [-0.2, 0) is 4.79 Å². The lowest BCUT2D eigenvalue weighted by atomic mass is 10.3. The largest absolute Gasteiger partial charge is 0.497 e. The normalized spacial score (nSPS) is 17.0. The fraction of sp³-hybridized carbons (Fsp3) is 0.417. The summed E-state index contributed by atoms with van der Waals surface area (Å²) in [6.07, 6.45) is -0.168. The molecule has 1 N–H and O–H groups in total. The number of nitrogens with zero attached hydrogens (tertiary/aromatic N) is 1. The van der Waals surface area contributed by atoms with Gasteiger partial charge < -0.3 is 14.8 Å². The Hall–Kier alpha value is -2.11. The molecule has 1 aliphatic rings. The van der Waals surface area contributed by atoms with Gasteiger partial charge in [-0.3, -0.25) is 4.79 Å². The average Bonchev–Trinajstić information content (AvgIpc) is 2.65. The molecule has 0 saturated heterocycles. The first-order valence-corrected chi connectivity index (χ1v) is 5.67. The van der Waals surface area contributed by atoms with Gasteiger partial charge >= 0.3 is 11.9 Å². The Morgan fingerprint density at radius 3 is 3.00 bits per heavy atom. The van der Waals surface area contributed by atoms with E-state index in [-0.39, 0.29) is 5.91 Å². The molecule has 1 aromatic rings. The van der Waals surface area contributed by atoms with Crippen molar-refractivity contribution in [3.63, 3.8) is 0 Å². The monoisotopic (exact) mass is 251 g/mol. The number of ether oxygens (including phenoxy) is 2. The summed E-state index contributed by atoms with van der Waals surface area (Å²) in [6, 6.07) is 5.06. The van der Waals surface area contributed by atoms with Crippen molar-refractivity contribution in [1.29, 1.82) is 0 Å². The topological polar surface area (TPSA) is 67.6 Å². The molecule has 0 fully saturated rings. The molecule has 96 valence electrons. The first-order valence-electron chi connectivity index (χ1n) is 5.67. The maximum absolute atomic E-state index is 11.9. The summed E-state index contributed by atoms with van der Waals surface area (Å²) in [5.74, 6) is 1.03. The molecule has 1 atom stereocenters. The first-order chi connectivity index (χ1) is 8.61. The van der Waals surface area contributed by atoms with Gasteiger partial charge in [0.05, 0.1) is 18.3 Å².